The Balaban J connectivity index is 2.33. The van der Waals surface area contributed by atoms with Crippen molar-refractivity contribution in [2.75, 3.05) is 33.1 Å². The van der Waals surface area contributed by atoms with Crippen LogP contribution < -0.4 is 0 Å². The second kappa shape index (κ2) is 4.46. The fraction of sp³-hybridized carbons (Fsp3) is 1.00. The van der Waals surface area contributed by atoms with Gasteiger partial charge in [-0.15, -0.1) is 0 Å². The summed E-state index contributed by atoms with van der Waals surface area (Å²) in [6.45, 7) is 2.39. The van der Waals surface area contributed by atoms with E-state index in [0.717, 1.165) is 25.9 Å². The Bertz CT molecular complexity index is 135. The Kier molecular flexibility index (Phi) is 3.83. The first kappa shape index (κ1) is 10.3. The zero-order valence-corrected chi connectivity index (χ0v) is 8.56. The van der Waals surface area contributed by atoms with Gasteiger partial charge in [-0.2, -0.15) is 0 Å². The molecular formula is C8H17NO2S. The van der Waals surface area contributed by atoms with Crippen molar-refractivity contribution in [3.63, 3.8) is 0 Å². The van der Waals surface area contributed by atoms with Crippen LogP contribution >= 0.6 is 11.9 Å². The van der Waals surface area contributed by atoms with Crippen LogP contribution in [-0.2, 0) is 4.74 Å². The van der Waals surface area contributed by atoms with Crippen LogP contribution in [0, 0.1) is 0 Å². The molecule has 1 heterocycles. The Morgan fingerprint density at radius 1 is 1.50 bits per heavy atom. The van der Waals surface area contributed by atoms with Crippen LogP contribution in [0.4, 0.5) is 0 Å². The maximum absolute atomic E-state index is 9.92. The normalized spacial score (nSPS) is 24.2. The van der Waals surface area contributed by atoms with Crippen molar-refractivity contribution in [1.82, 2.24) is 4.31 Å². The summed E-state index contributed by atoms with van der Waals surface area (Å²) in [5.74, 6) is 0. The van der Waals surface area contributed by atoms with Crippen LogP contribution in [-0.4, -0.2) is 48.1 Å². The van der Waals surface area contributed by atoms with Crippen molar-refractivity contribution < 1.29 is 9.84 Å². The highest BCUT2D eigenvalue weighted by Crippen LogP contribution is 2.25. The van der Waals surface area contributed by atoms with Gasteiger partial charge in [0.05, 0.1) is 12.2 Å². The minimum Gasteiger partial charge on any atom is -0.387 e. The Labute approximate surface area is 78.2 Å². The van der Waals surface area contributed by atoms with Gasteiger partial charge in [0.15, 0.2) is 0 Å². The van der Waals surface area contributed by atoms with E-state index in [4.69, 9.17) is 4.74 Å². The van der Waals surface area contributed by atoms with Crippen molar-refractivity contribution in [3.8, 4) is 0 Å². The zero-order valence-electron chi connectivity index (χ0n) is 7.75. The van der Waals surface area contributed by atoms with E-state index in [1.807, 2.05) is 0 Å². The minimum absolute atomic E-state index is 0.467. The van der Waals surface area contributed by atoms with E-state index < -0.39 is 5.60 Å². The van der Waals surface area contributed by atoms with E-state index in [1.54, 1.807) is 19.1 Å². The van der Waals surface area contributed by atoms with E-state index in [0.29, 0.717) is 6.61 Å². The maximum atomic E-state index is 9.92. The van der Waals surface area contributed by atoms with E-state index in [9.17, 15) is 5.11 Å². The highest BCUT2D eigenvalue weighted by molar-refractivity contribution is 7.96. The molecule has 0 saturated carbocycles. The monoisotopic (exact) mass is 191 g/mol. The second-order valence-corrected chi connectivity index (χ2v) is 4.15. The molecule has 1 aliphatic heterocycles. The predicted molar refractivity (Wildman–Crippen MR) is 51.1 cm³/mol. The molecule has 0 amide bonds. The molecule has 0 bridgehead atoms. The van der Waals surface area contributed by atoms with Gasteiger partial charge in [-0.3, -0.25) is 4.31 Å². The first-order valence-electron chi connectivity index (χ1n) is 4.20. The Hall–Kier alpha value is 0.230. The van der Waals surface area contributed by atoms with Crippen LogP contribution in [0.2, 0.25) is 0 Å². The number of hydrogen-bond acceptors (Lipinski definition) is 4. The highest BCUT2D eigenvalue weighted by Gasteiger charge is 2.31. The van der Waals surface area contributed by atoms with Gasteiger partial charge in [-0.25, -0.2) is 0 Å². The number of aliphatic hydroxyl groups is 1. The van der Waals surface area contributed by atoms with E-state index in [1.165, 1.54) is 0 Å². The van der Waals surface area contributed by atoms with Gasteiger partial charge in [-0.05, 0) is 19.1 Å². The lowest BCUT2D eigenvalue weighted by molar-refractivity contribution is -0.0598. The molecule has 0 spiro atoms. The van der Waals surface area contributed by atoms with Crippen molar-refractivity contribution in [1.29, 1.82) is 0 Å². The summed E-state index contributed by atoms with van der Waals surface area (Å²) < 4.78 is 7.25. The summed E-state index contributed by atoms with van der Waals surface area (Å²) in [5.41, 5.74) is -0.568. The number of piperidine rings is 1. The average Bonchev–Trinajstić information content (AvgIpc) is 2.06. The number of methoxy groups -OCH3 is 1. The Morgan fingerprint density at radius 3 is 2.50 bits per heavy atom. The molecule has 0 aliphatic carbocycles. The molecular weight excluding hydrogens is 174 g/mol. The molecule has 1 aliphatic rings. The molecule has 0 unspecified atom stereocenters. The van der Waals surface area contributed by atoms with Crippen molar-refractivity contribution >= 4 is 11.9 Å². The van der Waals surface area contributed by atoms with Gasteiger partial charge in [-0.1, -0.05) is 11.9 Å². The van der Waals surface area contributed by atoms with Crippen molar-refractivity contribution in [3.05, 3.63) is 0 Å². The molecule has 3 nitrogen and oxygen atoms in total. The molecule has 1 fully saturated rings. The van der Waals surface area contributed by atoms with Gasteiger partial charge < -0.3 is 9.84 Å². The zero-order chi connectivity index (χ0) is 9.03. The quantitative estimate of drug-likeness (QED) is 0.667. The molecule has 12 heavy (non-hydrogen) atoms. The molecule has 0 aromatic rings. The van der Waals surface area contributed by atoms with Gasteiger partial charge in [0, 0.05) is 20.2 Å². The standard InChI is InChI=1S/C8H17NO2S/c1-11-7-8(10)3-5-9(12-2)6-4-8/h10H,3-7H2,1-2H3. The molecule has 0 atom stereocenters. The lowest BCUT2D eigenvalue weighted by Gasteiger charge is -2.36. The molecule has 1 N–H and O–H groups in total. The third-order valence-corrected chi connectivity index (χ3v) is 3.21. The summed E-state index contributed by atoms with van der Waals surface area (Å²) in [5, 5.41) is 9.92. The van der Waals surface area contributed by atoms with Crippen molar-refractivity contribution in [2.45, 2.75) is 18.4 Å². The molecule has 4 heteroatoms. The SMILES string of the molecule is COCC1(O)CCN(SC)CC1. The second-order valence-electron chi connectivity index (χ2n) is 3.27. The summed E-state index contributed by atoms with van der Waals surface area (Å²) >= 11 is 1.75. The number of ether oxygens (including phenoxy) is 1. The van der Waals surface area contributed by atoms with Gasteiger partial charge in [0.25, 0.3) is 0 Å². The van der Waals surface area contributed by atoms with Gasteiger partial charge in [0.2, 0.25) is 0 Å². The largest absolute Gasteiger partial charge is 0.387 e. The molecule has 72 valence electrons. The summed E-state index contributed by atoms with van der Waals surface area (Å²) in [4.78, 5) is 0. The maximum Gasteiger partial charge on any atom is 0.0905 e. The third-order valence-electron chi connectivity index (χ3n) is 2.32. The van der Waals surface area contributed by atoms with Gasteiger partial charge >= 0.3 is 0 Å². The smallest absolute Gasteiger partial charge is 0.0905 e. The van der Waals surface area contributed by atoms with Crippen LogP contribution in [0.1, 0.15) is 12.8 Å². The summed E-state index contributed by atoms with van der Waals surface area (Å²) in [7, 11) is 1.64. The number of nitrogens with zero attached hydrogens (tertiary/aromatic N) is 1. The summed E-state index contributed by atoms with van der Waals surface area (Å²) in [6.07, 6.45) is 3.71. The minimum atomic E-state index is -0.568. The van der Waals surface area contributed by atoms with Crippen LogP contribution in [0.25, 0.3) is 0 Å². The first-order valence-corrected chi connectivity index (χ1v) is 5.39. The average molecular weight is 191 g/mol. The number of hydrogen-bond donors (Lipinski definition) is 1. The fourth-order valence-corrected chi connectivity index (χ4v) is 2.05. The lowest BCUT2D eigenvalue weighted by Crippen LogP contribution is -2.44. The van der Waals surface area contributed by atoms with Crippen LogP contribution in [0.15, 0.2) is 0 Å². The molecule has 0 aromatic carbocycles. The topological polar surface area (TPSA) is 32.7 Å². The Morgan fingerprint density at radius 2 is 2.08 bits per heavy atom. The predicted octanol–water partition coefficient (Wildman–Crippen LogP) is 0.738. The first-order chi connectivity index (χ1) is 5.70. The molecule has 0 aromatic heterocycles. The third kappa shape index (κ3) is 2.62. The fourth-order valence-electron chi connectivity index (χ4n) is 1.50. The van der Waals surface area contributed by atoms with Crippen LogP contribution in [0.5, 0.6) is 0 Å². The molecule has 0 radical (unpaired) electrons. The van der Waals surface area contributed by atoms with Crippen molar-refractivity contribution in [2.24, 2.45) is 0 Å². The van der Waals surface area contributed by atoms with E-state index in [2.05, 4.69) is 10.6 Å². The highest BCUT2D eigenvalue weighted by atomic mass is 32.2. The van der Waals surface area contributed by atoms with E-state index >= 15 is 0 Å². The number of rotatable bonds is 3. The van der Waals surface area contributed by atoms with Gasteiger partial charge in [0.1, 0.15) is 0 Å². The summed E-state index contributed by atoms with van der Waals surface area (Å²) in [6, 6.07) is 0. The molecule has 1 saturated heterocycles. The lowest BCUT2D eigenvalue weighted by atomic mass is 9.94. The van der Waals surface area contributed by atoms with Crippen LogP contribution in [0.3, 0.4) is 0 Å². The molecule has 1 rings (SSSR count). The van der Waals surface area contributed by atoms with E-state index in [-0.39, 0.29) is 0 Å².